The lowest BCUT2D eigenvalue weighted by Gasteiger charge is -2.35. The van der Waals surface area contributed by atoms with Crippen molar-refractivity contribution in [3.05, 3.63) is 77.4 Å². The third-order valence-corrected chi connectivity index (χ3v) is 6.94. The number of anilines is 3. The molecule has 1 aliphatic heterocycles. The van der Waals surface area contributed by atoms with E-state index in [0.717, 1.165) is 60.0 Å². The average molecular weight is 442 g/mol. The molecule has 1 aliphatic rings. The normalized spacial score (nSPS) is 15.0. The van der Waals surface area contributed by atoms with Crippen LogP contribution in [-0.4, -0.2) is 47.6 Å². The highest BCUT2D eigenvalue weighted by Gasteiger charge is 2.16. The summed E-state index contributed by atoms with van der Waals surface area (Å²) in [4.78, 5) is 14.0. The maximum Gasteiger partial charge on any atom is 0.151 e. The topological polar surface area (TPSA) is 44.3 Å². The highest BCUT2D eigenvalue weighted by molar-refractivity contribution is 7.18. The monoisotopic (exact) mass is 441 g/mol. The lowest BCUT2D eigenvalue weighted by atomic mass is 10.2. The first kappa shape index (κ1) is 20.7. The predicted octanol–water partition coefficient (Wildman–Crippen LogP) is 5.75. The van der Waals surface area contributed by atoms with Crippen LogP contribution < -0.4 is 10.2 Å². The summed E-state index contributed by atoms with van der Waals surface area (Å²) in [5.74, 6) is 0.851. The van der Waals surface area contributed by atoms with Crippen molar-refractivity contribution in [1.82, 2.24) is 14.9 Å². The smallest absolute Gasteiger partial charge is 0.151 e. The molecule has 0 amide bonds. The number of nitrogens with zero attached hydrogens (tertiary/aromatic N) is 4. The lowest BCUT2D eigenvalue weighted by Crippen LogP contribution is -2.46. The number of fused-ring (bicyclic) bond motifs is 1. The zero-order valence-corrected chi connectivity index (χ0v) is 19.1. The quantitative estimate of drug-likeness (QED) is 0.413. The molecule has 4 aromatic rings. The highest BCUT2D eigenvalue weighted by Crippen LogP contribution is 2.32. The molecule has 1 fully saturated rings. The fourth-order valence-corrected chi connectivity index (χ4v) is 4.97. The van der Waals surface area contributed by atoms with E-state index in [1.165, 1.54) is 11.3 Å². The Bertz CT molecular complexity index is 1190. The van der Waals surface area contributed by atoms with Gasteiger partial charge in [0.05, 0.1) is 10.2 Å². The van der Waals surface area contributed by atoms with Crippen molar-refractivity contribution in [1.29, 1.82) is 0 Å². The Morgan fingerprint density at radius 1 is 0.938 bits per heavy atom. The largest absolute Gasteiger partial charge is 0.369 e. The van der Waals surface area contributed by atoms with Gasteiger partial charge in [-0.3, -0.25) is 0 Å². The molecule has 0 aliphatic carbocycles. The van der Waals surface area contributed by atoms with Crippen LogP contribution in [0.4, 0.5) is 17.2 Å². The predicted molar refractivity (Wildman–Crippen MR) is 137 cm³/mol. The van der Waals surface area contributed by atoms with Crippen molar-refractivity contribution in [2.24, 2.45) is 0 Å². The van der Waals surface area contributed by atoms with Crippen molar-refractivity contribution < 1.29 is 0 Å². The van der Waals surface area contributed by atoms with Crippen molar-refractivity contribution in [3.8, 4) is 0 Å². The number of likely N-dealkylation sites (N-methyl/N-ethyl adjacent to an activating group) is 1. The molecule has 2 aromatic carbocycles. The average Bonchev–Trinajstić information content (AvgIpc) is 3.28. The van der Waals surface area contributed by atoms with Crippen LogP contribution in [-0.2, 0) is 0 Å². The number of aromatic nitrogens is 2. The molecule has 1 saturated heterocycles. The van der Waals surface area contributed by atoms with Crippen LogP contribution in [0.2, 0.25) is 0 Å². The lowest BCUT2D eigenvalue weighted by molar-refractivity contribution is 0.271. The number of hydrogen-bond donors (Lipinski definition) is 1. The Morgan fingerprint density at radius 3 is 2.47 bits per heavy atom. The van der Waals surface area contributed by atoms with E-state index in [1.54, 1.807) is 17.7 Å². The van der Waals surface area contributed by atoms with Gasteiger partial charge in [0.2, 0.25) is 0 Å². The first-order valence-electron chi connectivity index (χ1n) is 11.1. The third kappa shape index (κ3) is 4.52. The third-order valence-electron chi connectivity index (χ3n) is 5.95. The summed E-state index contributed by atoms with van der Waals surface area (Å²) in [7, 11) is 0. The van der Waals surface area contributed by atoms with Gasteiger partial charge in [-0.2, -0.15) is 0 Å². The van der Waals surface area contributed by atoms with E-state index in [0.29, 0.717) is 0 Å². The fraction of sp³-hybridized carbons (Fsp3) is 0.231. The molecular formula is C26H27N5S. The van der Waals surface area contributed by atoms with Crippen LogP contribution in [0.25, 0.3) is 22.4 Å². The molecule has 0 saturated carbocycles. The van der Waals surface area contributed by atoms with Gasteiger partial charge < -0.3 is 15.1 Å². The van der Waals surface area contributed by atoms with E-state index in [1.807, 2.05) is 18.2 Å². The van der Waals surface area contributed by atoms with Crippen LogP contribution in [0, 0.1) is 0 Å². The number of thiophene rings is 1. The Balaban J connectivity index is 1.31. The molecule has 5 rings (SSSR count). The van der Waals surface area contributed by atoms with E-state index < -0.39 is 0 Å². The standard InChI is InChI=1S/C26H27N5S/c1-2-30-14-16-31(17-15-30)23-12-10-22(11-13-23)29-26-25-24(27-19-28-26)21(18-32-25)9-8-20-6-4-3-5-7-20/h3-13,18-19H,2,14-17H2,1H3,(H,27,28,29). The first-order chi connectivity index (χ1) is 15.8. The maximum atomic E-state index is 4.54. The van der Waals surface area contributed by atoms with Gasteiger partial charge in [0.1, 0.15) is 6.33 Å². The second-order valence-electron chi connectivity index (χ2n) is 7.93. The molecule has 0 atom stereocenters. The van der Waals surface area contributed by atoms with E-state index in [9.17, 15) is 0 Å². The molecule has 0 spiro atoms. The Hall–Kier alpha value is -3.22. The van der Waals surface area contributed by atoms with Gasteiger partial charge in [0.15, 0.2) is 5.82 Å². The molecule has 5 nitrogen and oxygen atoms in total. The highest BCUT2D eigenvalue weighted by atomic mass is 32.1. The summed E-state index contributed by atoms with van der Waals surface area (Å²) < 4.78 is 1.07. The summed E-state index contributed by atoms with van der Waals surface area (Å²) in [5, 5.41) is 5.63. The van der Waals surface area contributed by atoms with Crippen molar-refractivity contribution in [2.75, 3.05) is 42.9 Å². The summed E-state index contributed by atoms with van der Waals surface area (Å²) in [6.45, 7) is 7.81. The van der Waals surface area contributed by atoms with Crippen LogP contribution in [0.1, 0.15) is 18.1 Å². The molecular weight excluding hydrogens is 414 g/mol. The molecule has 0 bridgehead atoms. The summed E-state index contributed by atoms with van der Waals surface area (Å²) in [6, 6.07) is 19.0. The van der Waals surface area contributed by atoms with Gasteiger partial charge in [-0.1, -0.05) is 49.4 Å². The van der Waals surface area contributed by atoms with Gasteiger partial charge in [0.25, 0.3) is 0 Å². The molecule has 32 heavy (non-hydrogen) atoms. The van der Waals surface area contributed by atoms with Crippen LogP contribution in [0.5, 0.6) is 0 Å². The second kappa shape index (κ2) is 9.51. The summed E-state index contributed by atoms with van der Waals surface area (Å²) in [5.41, 5.74) is 5.58. The second-order valence-corrected chi connectivity index (χ2v) is 8.81. The van der Waals surface area contributed by atoms with E-state index >= 15 is 0 Å². The summed E-state index contributed by atoms with van der Waals surface area (Å²) in [6.07, 6.45) is 5.88. The van der Waals surface area contributed by atoms with Gasteiger partial charge in [-0.15, -0.1) is 11.3 Å². The Kier molecular flexibility index (Phi) is 6.14. The van der Waals surface area contributed by atoms with Crippen LogP contribution in [0.3, 0.4) is 0 Å². The van der Waals surface area contributed by atoms with Gasteiger partial charge in [-0.05, 0) is 36.4 Å². The number of benzene rings is 2. The van der Waals surface area contributed by atoms with Gasteiger partial charge in [0, 0.05) is 48.5 Å². The van der Waals surface area contributed by atoms with Gasteiger partial charge in [-0.25, -0.2) is 9.97 Å². The minimum Gasteiger partial charge on any atom is -0.369 e. The SMILES string of the molecule is CCN1CCN(c2ccc(Nc3ncnc4c(C=Cc5ccccc5)csc34)cc2)CC1. The van der Waals surface area contributed by atoms with Crippen molar-refractivity contribution in [2.45, 2.75) is 6.92 Å². The van der Waals surface area contributed by atoms with E-state index in [-0.39, 0.29) is 0 Å². The molecule has 0 unspecified atom stereocenters. The number of nitrogens with one attached hydrogen (secondary N) is 1. The zero-order valence-electron chi connectivity index (χ0n) is 18.2. The van der Waals surface area contributed by atoms with Gasteiger partial charge >= 0.3 is 0 Å². The van der Waals surface area contributed by atoms with E-state index in [4.69, 9.17) is 0 Å². The zero-order chi connectivity index (χ0) is 21.8. The molecule has 162 valence electrons. The molecule has 3 heterocycles. The molecule has 1 N–H and O–H groups in total. The Morgan fingerprint density at radius 2 is 1.72 bits per heavy atom. The summed E-state index contributed by atoms with van der Waals surface area (Å²) >= 11 is 1.67. The minimum atomic E-state index is 0.851. The molecule has 0 radical (unpaired) electrons. The first-order valence-corrected chi connectivity index (χ1v) is 12.0. The number of hydrogen-bond acceptors (Lipinski definition) is 6. The Labute approximate surface area is 193 Å². The number of rotatable bonds is 6. The molecule has 6 heteroatoms. The number of piperazine rings is 1. The van der Waals surface area contributed by atoms with Crippen LogP contribution >= 0.6 is 11.3 Å². The fourth-order valence-electron chi connectivity index (χ4n) is 4.04. The van der Waals surface area contributed by atoms with Crippen LogP contribution in [0.15, 0.2) is 66.3 Å². The van der Waals surface area contributed by atoms with Crippen molar-refractivity contribution >= 4 is 50.9 Å². The molecule has 2 aromatic heterocycles. The van der Waals surface area contributed by atoms with Crippen molar-refractivity contribution in [3.63, 3.8) is 0 Å². The maximum absolute atomic E-state index is 4.54. The van der Waals surface area contributed by atoms with E-state index in [2.05, 4.69) is 85.9 Å². The minimum absolute atomic E-state index is 0.851.